The number of nitrogens with two attached hydrogens (primary N) is 1. The molecule has 1 aromatic rings. The van der Waals surface area contributed by atoms with Crippen LogP contribution in [0.3, 0.4) is 0 Å². The van der Waals surface area contributed by atoms with E-state index < -0.39 is 17.7 Å². The molecule has 0 bridgehead atoms. The average molecular weight is 187 g/mol. The maximum Gasteiger partial charge on any atom is 0.159 e. The largest absolute Gasteiger partial charge is 0.391 e. The topological polar surface area (TPSA) is 46.2 Å². The van der Waals surface area contributed by atoms with E-state index in [0.29, 0.717) is 5.56 Å². The van der Waals surface area contributed by atoms with Crippen molar-refractivity contribution in [2.45, 2.75) is 12.5 Å². The van der Waals surface area contributed by atoms with Crippen LogP contribution in [0.15, 0.2) is 18.2 Å². The molecule has 1 rings (SSSR count). The van der Waals surface area contributed by atoms with E-state index in [4.69, 9.17) is 10.8 Å². The smallest absolute Gasteiger partial charge is 0.159 e. The molecule has 13 heavy (non-hydrogen) atoms. The van der Waals surface area contributed by atoms with Gasteiger partial charge in [0.05, 0.1) is 6.10 Å². The highest BCUT2D eigenvalue weighted by Crippen LogP contribution is 2.10. The summed E-state index contributed by atoms with van der Waals surface area (Å²) in [5.41, 5.74) is 5.71. The van der Waals surface area contributed by atoms with Gasteiger partial charge in [0, 0.05) is 6.54 Å². The van der Waals surface area contributed by atoms with Gasteiger partial charge in [0.1, 0.15) is 0 Å². The van der Waals surface area contributed by atoms with Crippen LogP contribution in [-0.4, -0.2) is 17.8 Å². The summed E-state index contributed by atoms with van der Waals surface area (Å²) in [5.74, 6) is -1.78. The molecule has 0 aliphatic rings. The number of aliphatic hydroxyl groups excluding tert-OH is 1. The Hall–Kier alpha value is -1.00. The summed E-state index contributed by atoms with van der Waals surface area (Å²) >= 11 is 0. The molecule has 0 aliphatic heterocycles. The fourth-order valence-electron chi connectivity index (χ4n) is 1.02. The summed E-state index contributed by atoms with van der Waals surface area (Å²) in [6, 6.07) is 3.53. The Morgan fingerprint density at radius 2 is 2.00 bits per heavy atom. The molecule has 0 heterocycles. The Kier molecular flexibility index (Phi) is 3.33. The van der Waals surface area contributed by atoms with Crippen molar-refractivity contribution in [2.24, 2.45) is 5.73 Å². The Bertz CT molecular complexity index is 291. The van der Waals surface area contributed by atoms with Gasteiger partial charge in [0.2, 0.25) is 0 Å². The number of hydrogen-bond donors (Lipinski definition) is 2. The molecule has 1 aromatic carbocycles. The molecule has 1 atom stereocenters. The molecule has 1 unspecified atom stereocenters. The van der Waals surface area contributed by atoms with Crippen LogP contribution in [0.4, 0.5) is 8.78 Å². The molecule has 0 saturated heterocycles. The van der Waals surface area contributed by atoms with Gasteiger partial charge in [0.25, 0.3) is 0 Å². The van der Waals surface area contributed by atoms with Crippen molar-refractivity contribution < 1.29 is 13.9 Å². The van der Waals surface area contributed by atoms with E-state index in [1.54, 1.807) is 0 Å². The van der Waals surface area contributed by atoms with Crippen LogP contribution < -0.4 is 5.73 Å². The first kappa shape index (κ1) is 10.1. The SMILES string of the molecule is NCC(O)Cc1ccc(F)c(F)c1. The third-order valence-corrected chi connectivity index (χ3v) is 1.73. The zero-order valence-electron chi connectivity index (χ0n) is 7.00. The predicted octanol–water partition coefficient (Wildman–Crippen LogP) is 0.827. The second-order valence-electron chi connectivity index (χ2n) is 2.84. The van der Waals surface area contributed by atoms with Gasteiger partial charge in [-0.05, 0) is 24.1 Å². The third-order valence-electron chi connectivity index (χ3n) is 1.73. The van der Waals surface area contributed by atoms with Gasteiger partial charge in [-0.25, -0.2) is 8.78 Å². The minimum absolute atomic E-state index is 0.110. The fourth-order valence-corrected chi connectivity index (χ4v) is 1.02. The average Bonchev–Trinajstić information content (AvgIpc) is 2.11. The van der Waals surface area contributed by atoms with Crippen molar-refractivity contribution in [1.82, 2.24) is 0 Å². The summed E-state index contributed by atoms with van der Waals surface area (Å²) < 4.78 is 25.1. The lowest BCUT2D eigenvalue weighted by Gasteiger charge is -2.07. The standard InChI is InChI=1S/C9H11F2NO/c10-8-2-1-6(4-9(8)11)3-7(13)5-12/h1-2,4,7,13H,3,5,12H2. The van der Waals surface area contributed by atoms with E-state index in [9.17, 15) is 8.78 Å². The second-order valence-corrected chi connectivity index (χ2v) is 2.84. The van der Waals surface area contributed by atoms with Crippen LogP contribution in [0.2, 0.25) is 0 Å². The van der Waals surface area contributed by atoms with Crippen LogP contribution in [-0.2, 0) is 6.42 Å². The minimum atomic E-state index is -0.901. The van der Waals surface area contributed by atoms with E-state index in [1.807, 2.05) is 0 Å². The molecule has 3 N–H and O–H groups in total. The zero-order valence-corrected chi connectivity index (χ0v) is 7.00. The quantitative estimate of drug-likeness (QED) is 0.736. The van der Waals surface area contributed by atoms with Crippen LogP contribution in [0.1, 0.15) is 5.56 Å². The number of rotatable bonds is 3. The number of aliphatic hydroxyl groups is 1. The monoisotopic (exact) mass is 187 g/mol. The molecular weight excluding hydrogens is 176 g/mol. The molecule has 2 nitrogen and oxygen atoms in total. The Balaban J connectivity index is 2.73. The van der Waals surface area contributed by atoms with Crippen molar-refractivity contribution >= 4 is 0 Å². The third kappa shape index (κ3) is 2.75. The van der Waals surface area contributed by atoms with Gasteiger partial charge in [-0.15, -0.1) is 0 Å². The summed E-state index contributed by atoms with van der Waals surface area (Å²) in [6.07, 6.45) is -0.460. The van der Waals surface area contributed by atoms with Gasteiger partial charge in [-0.3, -0.25) is 0 Å². The van der Waals surface area contributed by atoms with Gasteiger partial charge in [0.15, 0.2) is 11.6 Å². The molecule has 0 saturated carbocycles. The molecule has 0 spiro atoms. The molecule has 0 radical (unpaired) electrons. The van der Waals surface area contributed by atoms with E-state index in [2.05, 4.69) is 0 Å². The van der Waals surface area contributed by atoms with Crippen molar-refractivity contribution in [3.05, 3.63) is 35.4 Å². The van der Waals surface area contributed by atoms with Gasteiger partial charge in [-0.1, -0.05) is 6.07 Å². The molecule has 0 amide bonds. The highest BCUT2D eigenvalue weighted by atomic mass is 19.2. The maximum atomic E-state index is 12.6. The Labute approximate surface area is 75.0 Å². The molecule has 0 aliphatic carbocycles. The molecule has 0 fully saturated rings. The summed E-state index contributed by atoms with van der Waals surface area (Å²) in [6.45, 7) is 0.110. The summed E-state index contributed by atoms with van der Waals surface area (Å²) in [4.78, 5) is 0. The summed E-state index contributed by atoms with van der Waals surface area (Å²) in [7, 11) is 0. The van der Waals surface area contributed by atoms with Crippen molar-refractivity contribution in [3.63, 3.8) is 0 Å². The van der Waals surface area contributed by atoms with Crippen LogP contribution >= 0.6 is 0 Å². The van der Waals surface area contributed by atoms with Crippen LogP contribution in [0.5, 0.6) is 0 Å². The van der Waals surface area contributed by atoms with Gasteiger partial charge >= 0.3 is 0 Å². The Morgan fingerprint density at radius 3 is 2.54 bits per heavy atom. The van der Waals surface area contributed by atoms with E-state index in [0.717, 1.165) is 12.1 Å². The number of hydrogen-bond acceptors (Lipinski definition) is 2. The maximum absolute atomic E-state index is 12.6. The van der Waals surface area contributed by atoms with E-state index >= 15 is 0 Å². The minimum Gasteiger partial charge on any atom is -0.391 e. The Morgan fingerprint density at radius 1 is 1.31 bits per heavy atom. The lowest BCUT2D eigenvalue weighted by atomic mass is 10.1. The summed E-state index contributed by atoms with van der Waals surface area (Å²) in [5, 5.41) is 9.13. The second kappa shape index (κ2) is 4.30. The highest BCUT2D eigenvalue weighted by molar-refractivity contribution is 5.18. The lowest BCUT2D eigenvalue weighted by Crippen LogP contribution is -2.22. The van der Waals surface area contributed by atoms with Gasteiger partial charge in [-0.2, -0.15) is 0 Å². The van der Waals surface area contributed by atoms with E-state index in [1.165, 1.54) is 6.07 Å². The molecule has 0 aromatic heterocycles. The first-order chi connectivity index (χ1) is 6.13. The van der Waals surface area contributed by atoms with Crippen molar-refractivity contribution in [2.75, 3.05) is 6.54 Å². The van der Waals surface area contributed by atoms with Crippen LogP contribution in [0, 0.1) is 11.6 Å². The van der Waals surface area contributed by atoms with E-state index in [-0.39, 0.29) is 13.0 Å². The predicted molar refractivity (Wildman–Crippen MR) is 45.1 cm³/mol. The molecule has 72 valence electrons. The molecular formula is C9H11F2NO. The van der Waals surface area contributed by atoms with Gasteiger partial charge < -0.3 is 10.8 Å². The highest BCUT2D eigenvalue weighted by Gasteiger charge is 2.06. The number of benzene rings is 1. The first-order valence-electron chi connectivity index (χ1n) is 3.95. The molecule has 4 heteroatoms. The fraction of sp³-hybridized carbons (Fsp3) is 0.333. The zero-order chi connectivity index (χ0) is 9.84. The van der Waals surface area contributed by atoms with Crippen LogP contribution in [0.25, 0.3) is 0 Å². The normalized spacial score (nSPS) is 12.9. The number of halogens is 2. The van der Waals surface area contributed by atoms with Crippen molar-refractivity contribution in [1.29, 1.82) is 0 Å². The first-order valence-corrected chi connectivity index (χ1v) is 3.95. The lowest BCUT2D eigenvalue weighted by molar-refractivity contribution is 0.183. The van der Waals surface area contributed by atoms with Crippen molar-refractivity contribution in [3.8, 4) is 0 Å².